The Bertz CT molecular complexity index is 524. The molecule has 88 valence electrons. The number of benzene rings is 1. The lowest BCUT2D eigenvalue weighted by atomic mass is 10.1. The molecule has 0 saturated carbocycles. The van der Waals surface area contributed by atoms with Crippen molar-refractivity contribution in [2.75, 3.05) is 5.32 Å². The second kappa shape index (κ2) is 4.63. The quantitative estimate of drug-likeness (QED) is 0.839. The van der Waals surface area contributed by atoms with E-state index in [1.54, 1.807) is 18.5 Å². The van der Waals surface area contributed by atoms with E-state index in [1.165, 1.54) is 0 Å². The number of amides is 1. The van der Waals surface area contributed by atoms with E-state index in [1.807, 2.05) is 26.0 Å². The largest absolute Gasteiger partial charge is 0.367 e. The lowest BCUT2D eigenvalue weighted by Crippen LogP contribution is -2.12. The molecule has 2 aromatic rings. The fourth-order valence-corrected chi connectivity index (χ4v) is 2.09. The van der Waals surface area contributed by atoms with E-state index in [0.29, 0.717) is 16.3 Å². The predicted molar refractivity (Wildman–Crippen MR) is 69.7 cm³/mol. The van der Waals surface area contributed by atoms with Gasteiger partial charge in [-0.2, -0.15) is 0 Å². The molecule has 0 spiro atoms. The molecule has 3 nitrogen and oxygen atoms in total. The normalized spacial score (nSPS) is 10.3. The zero-order valence-corrected chi connectivity index (χ0v) is 10.4. The molecular formula is C13H13ClN2O. The summed E-state index contributed by atoms with van der Waals surface area (Å²) in [6.45, 7) is 3.89. The van der Waals surface area contributed by atoms with Gasteiger partial charge in [-0.05, 0) is 37.1 Å². The number of hydrogen-bond donors (Lipinski definition) is 2. The molecule has 1 aromatic carbocycles. The SMILES string of the molecule is Cc1cc(C)c(NC(=O)c2cc[nH]c2)c(Cl)c1. The van der Waals surface area contributed by atoms with Gasteiger partial charge in [-0.1, -0.05) is 17.7 Å². The number of anilines is 1. The first kappa shape index (κ1) is 11.7. The average Bonchev–Trinajstić information content (AvgIpc) is 2.76. The van der Waals surface area contributed by atoms with Crippen LogP contribution in [0.4, 0.5) is 5.69 Å². The molecule has 1 aromatic heterocycles. The van der Waals surface area contributed by atoms with Crippen molar-refractivity contribution in [3.8, 4) is 0 Å². The van der Waals surface area contributed by atoms with Crippen LogP contribution in [0, 0.1) is 13.8 Å². The smallest absolute Gasteiger partial charge is 0.257 e. The number of aromatic amines is 1. The predicted octanol–water partition coefficient (Wildman–Crippen LogP) is 3.54. The van der Waals surface area contributed by atoms with Gasteiger partial charge < -0.3 is 10.3 Å². The Hall–Kier alpha value is -1.74. The molecule has 0 aliphatic carbocycles. The first-order valence-electron chi connectivity index (χ1n) is 5.29. The van der Waals surface area contributed by atoms with Crippen LogP contribution in [0.5, 0.6) is 0 Å². The fourth-order valence-electron chi connectivity index (χ4n) is 1.72. The van der Waals surface area contributed by atoms with Gasteiger partial charge in [0, 0.05) is 12.4 Å². The molecule has 2 N–H and O–H groups in total. The Labute approximate surface area is 105 Å². The van der Waals surface area contributed by atoms with Crippen LogP contribution in [0.1, 0.15) is 21.5 Å². The molecule has 0 unspecified atom stereocenters. The third-order valence-electron chi connectivity index (χ3n) is 2.53. The molecule has 0 aliphatic heterocycles. The van der Waals surface area contributed by atoms with Gasteiger partial charge in [0.1, 0.15) is 0 Å². The van der Waals surface area contributed by atoms with Crippen LogP contribution >= 0.6 is 11.6 Å². The van der Waals surface area contributed by atoms with Crippen molar-refractivity contribution in [1.29, 1.82) is 0 Å². The minimum Gasteiger partial charge on any atom is -0.367 e. The number of nitrogens with one attached hydrogen (secondary N) is 2. The summed E-state index contributed by atoms with van der Waals surface area (Å²) in [5.41, 5.74) is 3.29. The molecule has 2 rings (SSSR count). The third kappa shape index (κ3) is 2.50. The maximum absolute atomic E-state index is 11.9. The highest BCUT2D eigenvalue weighted by molar-refractivity contribution is 6.34. The van der Waals surface area contributed by atoms with Gasteiger partial charge in [0.25, 0.3) is 5.91 Å². The number of aryl methyl sites for hydroxylation is 2. The molecule has 0 radical (unpaired) electrons. The van der Waals surface area contributed by atoms with Crippen molar-refractivity contribution in [3.05, 3.63) is 52.3 Å². The van der Waals surface area contributed by atoms with Gasteiger partial charge in [0.2, 0.25) is 0 Å². The lowest BCUT2D eigenvalue weighted by molar-refractivity contribution is 0.102. The van der Waals surface area contributed by atoms with E-state index < -0.39 is 0 Å². The molecule has 0 fully saturated rings. The minimum atomic E-state index is -0.167. The van der Waals surface area contributed by atoms with Crippen LogP contribution in [-0.4, -0.2) is 10.9 Å². The van der Waals surface area contributed by atoms with E-state index in [0.717, 1.165) is 11.1 Å². The summed E-state index contributed by atoms with van der Waals surface area (Å²) in [4.78, 5) is 14.7. The molecular weight excluding hydrogens is 236 g/mol. The van der Waals surface area contributed by atoms with Gasteiger partial charge in [-0.25, -0.2) is 0 Å². The Morgan fingerprint density at radius 2 is 2.12 bits per heavy atom. The van der Waals surface area contributed by atoms with E-state index >= 15 is 0 Å². The number of carbonyl (C=O) groups excluding carboxylic acids is 1. The maximum atomic E-state index is 11.9. The highest BCUT2D eigenvalue weighted by Gasteiger charge is 2.11. The van der Waals surface area contributed by atoms with Crippen LogP contribution in [0.25, 0.3) is 0 Å². The van der Waals surface area contributed by atoms with Gasteiger partial charge in [0.05, 0.1) is 16.3 Å². The fraction of sp³-hybridized carbons (Fsp3) is 0.154. The van der Waals surface area contributed by atoms with E-state index in [-0.39, 0.29) is 5.91 Å². The van der Waals surface area contributed by atoms with Gasteiger partial charge in [-0.3, -0.25) is 4.79 Å². The highest BCUT2D eigenvalue weighted by atomic mass is 35.5. The topological polar surface area (TPSA) is 44.9 Å². The molecule has 17 heavy (non-hydrogen) atoms. The van der Waals surface area contributed by atoms with Crippen LogP contribution in [-0.2, 0) is 0 Å². The summed E-state index contributed by atoms with van der Waals surface area (Å²) in [5.74, 6) is -0.167. The van der Waals surface area contributed by atoms with Crippen LogP contribution in [0.2, 0.25) is 5.02 Å². The molecule has 0 aliphatic rings. The van der Waals surface area contributed by atoms with E-state index in [4.69, 9.17) is 11.6 Å². The van der Waals surface area contributed by atoms with Crippen molar-refractivity contribution in [3.63, 3.8) is 0 Å². The Morgan fingerprint density at radius 1 is 1.35 bits per heavy atom. The summed E-state index contributed by atoms with van der Waals surface area (Å²) >= 11 is 6.12. The number of carbonyl (C=O) groups is 1. The Morgan fingerprint density at radius 3 is 2.71 bits per heavy atom. The zero-order chi connectivity index (χ0) is 12.4. The first-order valence-corrected chi connectivity index (χ1v) is 5.66. The lowest BCUT2D eigenvalue weighted by Gasteiger charge is -2.10. The second-order valence-corrected chi connectivity index (χ2v) is 4.40. The Balaban J connectivity index is 2.28. The maximum Gasteiger partial charge on any atom is 0.257 e. The van der Waals surface area contributed by atoms with E-state index in [9.17, 15) is 4.79 Å². The number of rotatable bonds is 2. The highest BCUT2D eigenvalue weighted by Crippen LogP contribution is 2.27. The van der Waals surface area contributed by atoms with Crippen LogP contribution in [0.15, 0.2) is 30.6 Å². The van der Waals surface area contributed by atoms with Gasteiger partial charge in [-0.15, -0.1) is 0 Å². The number of halogens is 1. The number of H-pyrrole nitrogens is 1. The Kier molecular flexibility index (Phi) is 3.20. The van der Waals surface area contributed by atoms with Crippen molar-refractivity contribution < 1.29 is 4.79 Å². The van der Waals surface area contributed by atoms with Crippen molar-refractivity contribution in [2.24, 2.45) is 0 Å². The van der Waals surface area contributed by atoms with Gasteiger partial charge >= 0.3 is 0 Å². The second-order valence-electron chi connectivity index (χ2n) is 3.99. The van der Waals surface area contributed by atoms with E-state index in [2.05, 4.69) is 10.3 Å². The first-order chi connectivity index (χ1) is 8.08. The van der Waals surface area contributed by atoms with Gasteiger partial charge in [0.15, 0.2) is 0 Å². The number of aromatic nitrogens is 1. The summed E-state index contributed by atoms with van der Waals surface area (Å²) in [7, 11) is 0. The minimum absolute atomic E-state index is 0.167. The third-order valence-corrected chi connectivity index (χ3v) is 2.83. The van der Waals surface area contributed by atoms with Crippen molar-refractivity contribution in [1.82, 2.24) is 4.98 Å². The molecule has 0 atom stereocenters. The molecule has 1 amide bonds. The average molecular weight is 249 g/mol. The summed E-state index contributed by atoms with van der Waals surface area (Å²) in [6, 6.07) is 5.53. The molecule has 0 saturated heterocycles. The standard InChI is InChI=1S/C13H13ClN2O/c1-8-5-9(2)12(11(14)6-8)16-13(17)10-3-4-15-7-10/h3-7,15H,1-2H3,(H,16,17). The summed E-state index contributed by atoms with van der Waals surface area (Å²) < 4.78 is 0. The van der Waals surface area contributed by atoms with Crippen molar-refractivity contribution in [2.45, 2.75) is 13.8 Å². The van der Waals surface area contributed by atoms with Crippen LogP contribution in [0.3, 0.4) is 0 Å². The summed E-state index contributed by atoms with van der Waals surface area (Å²) in [5, 5.41) is 3.38. The molecule has 1 heterocycles. The molecule has 4 heteroatoms. The van der Waals surface area contributed by atoms with Crippen molar-refractivity contribution >= 4 is 23.2 Å². The number of hydrogen-bond acceptors (Lipinski definition) is 1. The summed E-state index contributed by atoms with van der Waals surface area (Å²) in [6.07, 6.45) is 3.35. The molecule has 0 bridgehead atoms. The zero-order valence-electron chi connectivity index (χ0n) is 9.67. The monoisotopic (exact) mass is 248 g/mol. The van der Waals surface area contributed by atoms with Crippen LogP contribution < -0.4 is 5.32 Å².